The highest BCUT2D eigenvalue weighted by molar-refractivity contribution is 14.0. The van der Waals surface area contributed by atoms with Gasteiger partial charge in [-0.25, -0.2) is 9.98 Å². The molecule has 7 nitrogen and oxygen atoms in total. The average Bonchev–Trinajstić information content (AvgIpc) is 3.12. The smallest absolute Gasteiger partial charge is 0.226 e. The zero-order chi connectivity index (χ0) is 19.6. The molecule has 0 aliphatic heterocycles. The van der Waals surface area contributed by atoms with Crippen LogP contribution in [0.15, 0.2) is 39.9 Å². The van der Waals surface area contributed by atoms with Crippen molar-refractivity contribution in [2.24, 2.45) is 10.9 Å². The molecule has 0 bridgehead atoms. The number of carbonyl (C=O) groups excluding carboxylic acids is 1. The Hall–Kier alpha value is -2.10. The van der Waals surface area contributed by atoms with E-state index in [4.69, 9.17) is 4.42 Å². The number of amides is 1. The van der Waals surface area contributed by atoms with Crippen LogP contribution in [0.3, 0.4) is 0 Å². The quantitative estimate of drug-likeness (QED) is 0.225. The summed E-state index contributed by atoms with van der Waals surface area (Å²) in [6, 6.07) is 8.04. The summed E-state index contributed by atoms with van der Waals surface area (Å²) in [6.07, 6.45) is 1.63. The molecule has 0 aliphatic rings. The van der Waals surface area contributed by atoms with Crippen LogP contribution >= 0.6 is 24.0 Å². The summed E-state index contributed by atoms with van der Waals surface area (Å²) < 4.78 is 5.56. The van der Waals surface area contributed by atoms with E-state index in [-0.39, 0.29) is 35.8 Å². The van der Waals surface area contributed by atoms with Crippen LogP contribution in [0.2, 0.25) is 0 Å². The van der Waals surface area contributed by atoms with E-state index in [1.54, 1.807) is 6.26 Å². The van der Waals surface area contributed by atoms with Gasteiger partial charge < -0.3 is 20.4 Å². The molecule has 0 spiro atoms. The first-order chi connectivity index (χ1) is 13.0. The lowest BCUT2D eigenvalue weighted by Crippen LogP contribution is -2.42. The van der Waals surface area contributed by atoms with Gasteiger partial charge in [0, 0.05) is 31.1 Å². The van der Waals surface area contributed by atoms with E-state index >= 15 is 0 Å². The van der Waals surface area contributed by atoms with Crippen LogP contribution in [0.1, 0.15) is 32.0 Å². The van der Waals surface area contributed by atoms with Gasteiger partial charge in [-0.1, -0.05) is 31.5 Å². The fraction of sp³-hybridized carbons (Fsp3) is 0.450. The molecule has 28 heavy (non-hydrogen) atoms. The molecule has 0 radical (unpaired) electrons. The first-order valence-electron chi connectivity index (χ1n) is 9.31. The third-order valence-electron chi connectivity index (χ3n) is 3.83. The lowest BCUT2D eigenvalue weighted by atomic mass is 10.1. The molecular weight excluding hydrogens is 469 g/mol. The number of guanidine groups is 1. The number of nitrogens with zero attached hydrogens (tertiary/aromatic N) is 2. The molecule has 0 saturated heterocycles. The Morgan fingerprint density at radius 2 is 1.82 bits per heavy atom. The number of carbonyl (C=O) groups is 1. The Morgan fingerprint density at radius 3 is 2.46 bits per heavy atom. The van der Waals surface area contributed by atoms with Crippen molar-refractivity contribution in [3.8, 4) is 11.5 Å². The van der Waals surface area contributed by atoms with Crippen molar-refractivity contribution in [2.75, 3.05) is 19.6 Å². The Balaban J connectivity index is 0.00000392. The maximum Gasteiger partial charge on any atom is 0.226 e. The summed E-state index contributed by atoms with van der Waals surface area (Å²) in [5.74, 6) is 1.30. The Kier molecular flexibility index (Phi) is 10.6. The number of nitrogens with one attached hydrogen (secondary N) is 3. The van der Waals surface area contributed by atoms with Gasteiger partial charge in [0.1, 0.15) is 12.0 Å². The largest absolute Gasteiger partial charge is 0.444 e. The predicted octanol–water partition coefficient (Wildman–Crippen LogP) is 3.10. The van der Waals surface area contributed by atoms with Crippen LogP contribution < -0.4 is 16.0 Å². The van der Waals surface area contributed by atoms with Gasteiger partial charge in [-0.2, -0.15) is 0 Å². The number of hydrogen-bond donors (Lipinski definition) is 3. The highest BCUT2D eigenvalue weighted by Gasteiger charge is 2.07. The Labute approximate surface area is 183 Å². The second-order valence-electron chi connectivity index (χ2n) is 6.58. The summed E-state index contributed by atoms with van der Waals surface area (Å²) in [5.41, 5.74) is 2.90. The van der Waals surface area contributed by atoms with Gasteiger partial charge in [0.25, 0.3) is 0 Å². The molecule has 1 amide bonds. The van der Waals surface area contributed by atoms with Crippen molar-refractivity contribution < 1.29 is 9.21 Å². The molecule has 0 saturated carbocycles. The van der Waals surface area contributed by atoms with Gasteiger partial charge in [-0.15, -0.1) is 24.0 Å². The van der Waals surface area contributed by atoms with Crippen molar-refractivity contribution in [1.29, 1.82) is 0 Å². The van der Waals surface area contributed by atoms with Crippen molar-refractivity contribution in [1.82, 2.24) is 20.9 Å². The van der Waals surface area contributed by atoms with Crippen LogP contribution in [0.25, 0.3) is 11.5 Å². The predicted molar refractivity (Wildman–Crippen MR) is 123 cm³/mol. The second-order valence-corrected chi connectivity index (χ2v) is 6.58. The number of benzene rings is 1. The standard InChI is InChI=1S/C20H29N5O2.HI/c1-5-21-20(23-11-10-22-18(26)14(2)3)24-12-17-13-27-19(25-17)16-8-6-15(4)7-9-16;/h6-9,13-14H,5,10-12H2,1-4H3,(H,22,26)(H2,21,23,24);1H. The van der Waals surface area contributed by atoms with Crippen molar-refractivity contribution in [3.05, 3.63) is 41.8 Å². The zero-order valence-corrected chi connectivity index (χ0v) is 19.2. The third kappa shape index (κ3) is 7.87. The molecular formula is C20H30IN5O2. The lowest BCUT2D eigenvalue weighted by molar-refractivity contribution is -0.123. The van der Waals surface area contributed by atoms with Crippen LogP contribution in [0.5, 0.6) is 0 Å². The third-order valence-corrected chi connectivity index (χ3v) is 3.83. The molecule has 0 unspecified atom stereocenters. The number of oxazole rings is 1. The van der Waals surface area contributed by atoms with Gasteiger partial charge in [-0.3, -0.25) is 4.79 Å². The summed E-state index contributed by atoms with van der Waals surface area (Å²) in [7, 11) is 0. The maximum atomic E-state index is 11.6. The molecule has 1 aromatic carbocycles. The minimum Gasteiger partial charge on any atom is -0.444 e. The molecule has 3 N–H and O–H groups in total. The van der Waals surface area contributed by atoms with E-state index in [1.807, 2.05) is 52.0 Å². The Morgan fingerprint density at radius 1 is 1.14 bits per heavy atom. The molecule has 1 heterocycles. The van der Waals surface area contributed by atoms with E-state index in [2.05, 4.69) is 25.9 Å². The van der Waals surface area contributed by atoms with E-state index < -0.39 is 0 Å². The first kappa shape index (κ1) is 23.9. The molecule has 2 aromatic rings. The van der Waals surface area contributed by atoms with Gasteiger partial charge >= 0.3 is 0 Å². The summed E-state index contributed by atoms with van der Waals surface area (Å²) >= 11 is 0. The van der Waals surface area contributed by atoms with Crippen LogP contribution in [-0.2, 0) is 11.3 Å². The number of halogens is 1. The zero-order valence-electron chi connectivity index (χ0n) is 16.9. The van der Waals surface area contributed by atoms with Gasteiger partial charge in [-0.05, 0) is 26.0 Å². The number of aromatic nitrogens is 1. The fourth-order valence-electron chi connectivity index (χ4n) is 2.28. The van der Waals surface area contributed by atoms with Gasteiger partial charge in [0.05, 0.1) is 6.54 Å². The van der Waals surface area contributed by atoms with Crippen molar-refractivity contribution >= 4 is 35.8 Å². The minimum absolute atomic E-state index is 0. The highest BCUT2D eigenvalue weighted by Crippen LogP contribution is 2.19. The topological polar surface area (TPSA) is 91.6 Å². The molecule has 0 atom stereocenters. The summed E-state index contributed by atoms with van der Waals surface area (Å²) in [6.45, 7) is 10.1. The number of hydrogen-bond acceptors (Lipinski definition) is 4. The minimum atomic E-state index is -0.0122. The molecule has 0 fully saturated rings. The van der Waals surface area contributed by atoms with Crippen LogP contribution in [0.4, 0.5) is 0 Å². The van der Waals surface area contributed by atoms with E-state index in [1.165, 1.54) is 5.56 Å². The average molecular weight is 499 g/mol. The normalized spacial score (nSPS) is 11.1. The fourth-order valence-corrected chi connectivity index (χ4v) is 2.28. The van der Waals surface area contributed by atoms with Crippen molar-refractivity contribution in [2.45, 2.75) is 34.2 Å². The maximum absolute atomic E-state index is 11.6. The SMILES string of the molecule is CCNC(=NCc1coc(-c2ccc(C)cc2)n1)NCCNC(=O)C(C)C.I. The molecule has 8 heteroatoms. The van der Waals surface area contributed by atoms with E-state index in [9.17, 15) is 4.79 Å². The molecule has 2 rings (SSSR count). The summed E-state index contributed by atoms with van der Waals surface area (Å²) in [4.78, 5) is 20.6. The van der Waals surface area contributed by atoms with Crippen LogP contribution in [0, 0.1) is 12.8 Å². The second kappa shape index (κ2) is 12.4. The summed E-state index contributed by atoms with van der Waals surface area (Å²) in [5, 5.41) is 9.24. The number of aryl methyl sites for hydroxylation is 1. The number of aliphatic imine (C=N–C) groups is 1. The highest BCUT2D eigenvalue weighted by atomic mass is 127. The van der Waals surface area contributed by atoms with E-state index in [0.29, 0.717) is 31.5 Å². The van der Waals surface area contributed by atoms with Gasteiger partial charge in [0.15, 0.2) is 5.96 Å². The first-order valence-corrected chi connectivity index (χ1v) is 9.31. The van der Waals surface area contributed by atoms with Crippen molar-refractivity contribution in [3.63, 3.8) is 0 Å². The van der Waals surface area contributed by atoms with Gasteiger partial charge in [0.2, 0.25) is 11.8 Å². The monoisotopic (exact) mass is 499 g/mol. The molecule has 154 valence electrons. The molecule has 1 aromatic heterocycles. The van der Waals surface area contributed by atoms with Crippen LogP contribution in [-0.4, -0.2) is 36.5 Å². The molecule has 0 aliphatic carbocycles. The Bertz CT molecular complexity index is 756. The van der Waals surface area contributed by atoms with E-state index in [0.717, 1.165) is 17.8 Å². The number of rotatable bonds is 8. The lowest BCUT2D eigenvalue weighted by Gasteiger charge is -2.12.